The lowest BCUT2D eigenvalue weighted by molar-refractivity contribution is 0.0522. The van der Waals surface area contributed by atoms with Crippen LogP contribution in [-0.4, -0.2) is 17.6 Å². The van der Waals surface area contributed by atoms with E-state index in [1.807, 2.05) is 48.5 Å². The SMILES string of the molecule is CCOC(=O)c1c(-c2ccccc2)[nH]c(-c2ccccc2)c1F. The van der Waals surface area contributed by atoms with Crippen LogP contribution < -0.4 is 0 Å². The van der Waals surface area contributed by atoms with Gasteiger partial charge >= 0.3 is 5.97 Å². The fourth-order valence-corrected chi connectivity index (χ4v) is 2.50. The van der Waals surface area contributed by atoms with Gasteiger partial charge in [-0.3, -0.25) is 0 Å². The maximum absolute atomic E-state index is 14.9. The van der Waals surface area contributed by atoms with E-state index in [-0.39, 0.29) is 17.9 Å². The minimum absolute atomic E-state index is 0.0584. The first kappa shape index (κ1) is 15.0. The van der Waals surface area contributed by atoms with E-state index in [4.69, 9.17) is 4.74 Å². The molecule has 2 aromatic carbocycles. The Labute approximate surface area is 133 Å². The zero-order valence-corrected chi connectivity index (χ0v) is 12.7. The lowest BCUT2D eigenvalue weighted by Crippen LogP contribution is -2.07. The van der Waals surface area contributed by atoms with Gasteiger partial charge in [0.2, 0.25) is 0 Å². The molecular weight excluding hydrogens is 293 g/mol. The van der Waals surface area contributed by atoms with Crippen molar-refractivity contribution in [2.45, 2.75) is 6.92 Å². The number of aromatic amines is 1. The Morgan fingerprint density at radius 3 is 2.00 bits per heavy atom. The van der Waals surface area contributed by atoms with Crippen molar-refractivity contribution in [1.82, 2.24) is 4.98 Å². The molecule has 0 amide bonds. The number of hydrogen-bond acceptors (Lipinski definition) is 2. The Morgan fingerprint density at radius 1 is 0.957 bits per heavy atom. The number of ether oxygens (including phenoxy) is 1. The van der Waals surface area contributed by atoms with Crippen LogP contribution in [0.1, 0.15) is 17.3 Å². The normalized spacial score (nSPS) is 10.5. The molecule has 0 saturated carbocycles. The number of H-pyrrole nitrogens is 1. The van der Waals surface area contributed by atoms with E-state index in [0.29, 0.717) is 11.3 Å². The molecule has 0 radical (unpaired) electrons. The van der Waals surface area contributed by atoms with E-state index in [1.54, 1.807) is 19.1 Å². The summed E-state index contributed by atoms with van der Waals surface area (Å²) in [5.74, 6) is -1.25. The molecular formula is C19H16FNO2. The monoisotopic (exact) mass is 309 g/mol. The number of rotatable bonds is 4. The van der Waals surface area contributed by atoms with E-state index in [0.717, 1.165) is 5.56 Å². The van der Waals surface area contributed by atoms with Gasteiger partial charge in [0.1, 0.15) is 5.56 Å². The van der Waals surface area contributed by atoms with Crippen molar-refractivity contribution < 1.29 is 13.9 Å². The van der Waals surface area contributed by atoms with Crippen LogP contribution in [0.5, 0.6) is 0 Å². The van der Waals surface area contributed by atoms with E-state index in [9.17, 15) is 9.18 Å². The third-order valence-electron chi connectivity index (χ3n) is 3.54. The largest absolute Gasteiger partial charge is 0.462 e. The molecule has 116 valence electrons. The third-order valence-corrected chi connectivity index (χ3v) is 3.54. The van der Waals surface area contributed by atoms with Gasteiger partial charge in [-0.25, -0.2) is 9.18 Å². The molecule has 0 fully saturated rings. The van der Waals surface area contributed by atoms with E-state index < -0.39 is 11.8 Å². The molecule has 0 unspecified atom stereocenters. The highest BCUT2D eigenvalue weighted by molar-refractivity contribution is 5.98. The first-order valence-corrected chi connectivity index (χ1v) is 7.41. The van der Waals surface area contributed by atoms with Crippen molar-refractivity contribution in [3.63, 3.8) is 0 Å². The van der Waals surface area contributed by atoms with Crippen molar-refractivity contribution in [1.29, 1.82) is 0 Å². The van der Waals surface area contributed by atoms with E-state index in [2.05, 4.69) is 4.98 Å². The maximum atomic E-state index is 14.9. The minimum Gasteiger partial charge on any atom is -0.462 e. The smallest absolute Gasteiger partial charge is 0.343 e. The summed E-state index contributed by atoms with van der Waals surface area (Å²) < 4.78 is 19.9. The molecule has 0 aliphatic rings. The van der Waals surface area contributed by atoms with E-state index in [1.165, 1.54) is 0 Å². The van der Waals surface area contributed by atoms with E-state index >= 15 is 0 Å². The number of carbonyl (C=O) groups excluding carboxylic acids is 1. The highest BCUT2D eigenvalue weighted by Crippen LogP contribution is 2.33. The summed E-state index contributed by atoms with van der Waals surface area (Å²) in [6, 6.07) is 18.3. The number of nitrogens with one attached hydrogen (secondary N) is 1. The molecule has 3 rings (SSSR count). The fourth-order valence-electron chi connectivity index (χ4n) is 2.50. The molecule has 3 aromatic rings. The van der Waals surface area contributed by atoms with Gasteiger partial charge in [0.05, 0.1) is 18.0 Å². The van der Waals surface area contributed by atoms with Crippen molar-refractivity contribution in [2.75, 3.05) is 6.61 Å². The summed E-state index contributed by atoms with van der Waals surface area (Å²) >= 11 is 0. The lowest BCUT2D eigenvalue weighted by atomic mass is 10.1. The summed E-state index contributed by atoms with van der Waals surface area (Å²) in [7, 11) is 0. The zero-order chi connectivity index (χ0) is 16.2. The highest BCUT2D eigenvalue weighted by Gasteiger charge is 2.26. The molecule has 1 heterocycles. The van der Waals surface area contributed by atoms with Gasteiger partial charge in [0, 0.05) is 5.56 Å². The lowest BCUT2D eigenvalue weighted by Gasteiger charge is -2.04. The molecule has 0 saturated heterocycles. The standard InChI is InChI=1S/C19H16FNO2/c1-2-23-19(22)15-16(20)18(14-11-7-4-8-12-14)21-17(15)13-9-5-3-6-10-13/h3-12,21H,2H2,1H3. The molecule has 4 heteroatoms. The Balaban J connectivity index is 2.20. The molecule has 1 N–H and O–H groups in total. The third kappa shape index (κ3) is 2.88. The summed E-state index contributed by atoms with van der Waals surface area (Å²) in [4.78, 5) is 15.3. The maximum Gasteiger partial charge on any atom is 0.343 e. The number of aromatic nitrogens is 1. The Bertz CT molecular complexity index is 810. The second-order valence-electron chi connectivity index (χ2n) is 5.02. The molecule has 0 aliphatic heterocycles. The number of benzene rings is 2. The molecule has 0 spiro atoms. The predicted octanol–water partition coefficient (Wildman–Crippen LogP) is 4.66. The Hall–Kier alpha value is -2.88. The average Bonchev–Trinajstić information content (AvgIpc) is 2.94. The van der Waals surface area contributed by atoms with Crippen LogP contribution in [0, 0.1) is 5.82 Å². The molecule has 0 bridgehead atoms. The Kier molecular flexibility index (Phi) is 4.24. The Morgan fingerprint density at radius 2 is 1.48 bits per heavy atom. The summed E-state index contributed by atoms with van der Waals surface area (Å²) in [6.45, 7) is 1.89. The average molecular weight is 309 g/mol. The first-order valence-electron chi connectivity index (χ1n) is 7.41. The van der Waals surface area contributed by atoms with Crippen molar-refractivity contribution in [2.24, 2.45) is 0 Å². The summed E-state index contributed by atoms with van der Waals surface area (Å²) in [5.41, 5.74) is 2.07. The number of halogens is 1. The minimum atomic E-state index is -0.665. The van der Waals surface area contributed by atoms with Gasteiger partial charge in [0.25, 0.3) is 0 Å². The highest BCUT2D eigenvalue weighted by atomic mass is 19.1. The summed E-state index contributed by atoms with van der Waals surface area (Å²) in [5, 5.41) is 0. The van der Waals surface area contributed by atoms with Crippen LogP contribution in [0.2, 0.25) is 0 Å². The number of esters is 1. The van der Waals surface area contributed by atoms with Crippen molar-refractivity contribution >= 4 is 5.97 Å². The van der Waals surface area contributed by atoms with Gasteiger partial charge in [-0.1, -0.05) is 60.7 Å². The first-order chi connectivity index (χ1) is 11.2. The van der Waals surface area contributed by atoms with Gasteiger partial charge in [-0.05, 0) is 12.5 Å². The quantitative estimate of drug-likeness (QED) is 0.712. The van der Waals surface area contributed by atoms with Crippen LogP contribution in [0.25, 0.3) is 22.5 Å². The summed E-state index contributed by atoms with van der Waals surface area (Å²) in [6.07, 6.45) is 0. The van der Waals surface area contributed by atoms with Gasteiger partial charge in [-0.2, -0.15) is 0 Å². The van der Waals surface area contributed by atoms with Crippen LogP contribution in [0.15, 0.2) is 60.7 Å². The second-order valence-corrected chi connectivity index (χ2v) is 5.02. The molecule has 0 atom stereocenters. The fraction of sp³-hybridized carbons (Fsp3) is 0.105. The number of hydrogen-bond donors (Lipinski definition) is 1. The molecule has 23 heavy (non-hydrogen) atoms. The van der Waals surface area contributed by atoms with Crippen LogP contribution in [-0.2, 0) is 4.74 Å². The van der Waals surface area contributed by atoms with Crippen LogP contribution >= 0.6 is 0 Å². The van der Waals surface area contributed by atoms with Gasteiger partial charge in [0.15, 0.2) is 5.82 Å². The topological polar surface area (TPSA) is 42.1 Å². The van der Waals surface area contributed by atoms with Crippen LogP contribution in [0.4, 0.5) is 4.39 Å². The second kappa shape index (κ2) is 6.48. The van der Waals surface area contributed by atoms with Crippen molar-refractivity contribution in [3.05, 3.63) is 72.0 Å². The van der Waals surface area contributed by atoms with Crippen LogP contribution in [0.3, 0.4) is 0 Å². The molecule has 0 aliphatic carbocycles. The zero-order valence-electron chi connectivity index (χ0n) is 12.7. The predicted molar refractivity (Wildman–Crippen MR) is 87.6 cm³/mol. The van der Waals surface area contributed by atoms with Gasteiger partial charge in [-0.15, -0.1) is 0 Å². The van der Waals surface area contributed by atoms with Gasteiger partial charge < -0.3 is 9.72 Å². The molecule has 1 aromatic heterocycles. The number of carbonyl (C=O) groups is 1. The van der Waals surface area contributed by atoms with Crippen molar-refractivity contribution in [3.8, 4) is 22.5 Å². The molecule has 3 nitrogen and oxygen atoms in total.